The molecule has 132 valence electrons. The van der Waals surface area contributed by atoms with Crippen molar-refractivity contribution in [1.29, 1.82) is 0 Å². The number of carbonyl (C=O) groups is 1. The molecule has 0 aliphatic rings. The molecule has 0 fully saturated rings. The molecule has 0 saturated heterocycles. The number of carbonyl (C=O) groups excluding carboxylic acids is 1. The molecule has 2 rings (SSSR count). The normalized spacial score (nSPS) is 10.4. The predicted molar refractivity (Wildman–Crippen MR) is 94.2 cm³/mol. The molecule has 7 nitrogen and oxygen atoms in total. The topological polar surface area (TPSA) is 78.4 Å². The molecule has 0 spiro atoms. The molecule has 0 atom stereocenters. The van der Waals surface area contributed by atoms with Crippen LogP contribution in [0.3, 0.4) is 0 Å². The molecule has 7 heteroatoms. The van der Waals surface area contributed by atoms with Crippen molar-refractivity contribution in [1.82, 2.24) is 5.43 Å². The van der Waals surface area contributed by atoms with Gasteiger partial charge in [-0.3, -0.25) is 4.79 Å². The van der Waals surface area contributed by atoms with Crippen LogP contribution in [-0.2, 0) is 0 Å². The number of amides is 1. The van der Waals surface area contributed by atoms with Crippen LogP contribution in [0, 0.1) is 0 Å². The minimum Gasteiger partial charge on any atom is -0.496 e. The van der Waals surface area contributed by atoms with Crippen LogP contribution in [0.4, 0.5) is 0 Å². The summed E-state index contributed by atoms with van der Waals surface area (Å²) >= 11 is 0. The zero-order chi connectivity index (χ0) is 18.2. The molecule has 0 heterocycles. The number of ether oxygens (including phenoxy) is 4. The van der Waals surface area contributed by atoms with Gasteiger partial charge in [-0.05, 0) is 24.3 Å². The molecule has 1 N–H and O–H groups in total. The van der Waals surface area contributed by atoms with Crippen molar-refractivity contribution in [3.05, 3.63) is 47.5 Å². The molecule has 0 aliphatic heterocycles. The second-order valence-corrected chi connectivity index (χ2v) is 4.86. The zero-order valence-corrected chi connectivity index (χ0v) is 14.5. The van der Waals surface area contributed by atoms with Crippen molar-refractivity contribution >= 4 is 12.1 Å². The van der Waals surface area contributed by atoms with E-state index in [1.807, 2.05) is 0 Å². The fraction of sp³-hybridized carbons (Fsp3) is 0.222. The first-order chi connectivity index (χ1) is 12.1. The summed E-state index contributed by atoms with van der Waals surface area (Å²) in [5, 5.41) is 3.97. The molecule has 0 bridgehead atoms. The van der Waals surface area contributed by atoms with Crippen LogP contribution in [-0.4, -0.2) is 40.6 Å². The van der Waals surface area contributed by atoms with Gasteiger partial charge in [-0.15, -0.1) is 0 Å². The first-order valence-electron chi connectivity index (χ1n) is 7.41. The summed E-state index contributed by atoms with van der Waals surface area (Å²) in [6, 6.07) is 10.3. The molecule has 2 aromatic rings. The largest absolute Gasteiger partial charge is 0.496 e. The Morgan fingerprint density at radius 3 is 2.08 bits per heavy atom. The summed E-state index contributed by atoms with van der Waals surface area (Å²) in [6.07, 6.45) is 1.48. The van der Waals surface area contributed by atoms with Crippen molar-refractivity contribution in [2.24, 2.45) is 5.10 Å². The second-order valence-electron chi connectivity index (χ2n) is 4.86. The highest BCUT2D eigenvalue weighted by atomic mass is 16.5. The smallest absolute Gasteiger partial charge is 0.275 e. The average molecular weight is 344 g/mol. The number of nitrogens with zero attached hydrogens (tertiary/aromatic N) is 1. The van der Waals surface area contributed by atoms with Crippen LogP contribution in [0.1, 0.15) is 15.9 Å². The van der Waals surface area contributed by atoms with Gasteiger partial charge in [-0.1, -0.05) is 12.1 Å². The highest BCUT2D eigenvalue weighted by molar-refractivity contribution is 5.97. The van der Waals surface area contributed by atoms with Crippen LogP contribution in [0.15, 0.2) is 41.5 Å². The Kier molecular flexibility index (Phi) is 6.22. The van der Waals surface area contributed by atoms with E-state index in [4.69, 9.17) is 18.9 Å². The van der Waals surface area contributed by atoms with Gasteiger partial charge in [0.05, 0.1) is 40.2 Å². The van der Waals surface area contributed by atoms with E-state index in [9.17, 15) is 4.79 Å². The van der Waals surface area contributed by atoms with E-state index in [-0.39, 0.29) is 5.91 Å². The lowest BCUT2D eigenvalue weighted by molar-refractivity contribution is 0.0952. The van der Waals surface area contributed by atoms with Gasteiger partial charge < -0.3 is 18.9 Å². The number of hydrogen-bond acceptors (Lipinski definition) is 6. The second kappa shape index (κ2) is 8.58. The summed E-state index contributed by atoms with van der Waals surface area (Å²) in [6.45, 7) is 0. The quantitative estimate of drug-likeness (QED) is 0.617. The maximum Gasteiger partial charge on any atom is 0.275 e. The Bertz CT molecular complexity index is 749. The lowest BCUT2D eigenvalue weighted by Crippen LogP contribution is -2.18. The molecule has 25 heavy (non-hydrogen) atoms. The summed E-state index contributed by atoms with van der Waals surface area (Å²) in [7, 11) is 6.09. The summed E-state index contributed by atoms with van der Waals surface area (Å²) in [5.74, 6) is 1.59. The van der Waals surface area contributed by atoms with Crippen molar-refractivity contribution in [3.63, 3.8) is 0 Å². The number of nitrogens with one attached hydrogen (secondary N) is 1. The van der Waals surface area contributed by atoms with Gasteiger partial charge in [-0.2, -0.15) is 5.10 Å². The van der Waals surface area contributed by atoms with E-state index < -0.39 is 0 Å². The van der Waals surface area contributed by atoms with Crippen LogP contribution in [0.25, 0.3) is 0 Å². The van der Waals surface area contributed by atoms with Gasteiger partial charge in [0.25, 0.3) is 5.91 Å². The molecular formula is C18H20N2O5. The zero-order valence-electron chi connectivity index (χ0n) is 14.5. The Hall–Kier alpha value is -3.22. The molecule has 1 amide bonds. The van der Waals surface area contributed by atoms with Crippen molar-refractivity contribution in [3.8, 4) is 23.0 Å². The van der Waals surface area contributed by atoms with Crippen LogP contribution < -0.4 is 24.4 Å². The van der Waals surface area contributed by atoms with E-state index in [2.05, 4.69) is 10.5 Å². The Labute approximate surface area is 146 Å². The summed E-state index contributed by atoms with van der Waals surface area (Å²) in [5.41, 5.74) is 3.53. The van der Waals surface area contributed by atoms with Crippen molar-refractivity contribution in [2.45, 2.75) is 0 Å². The highest BCUT2D eigenvalue weighted by Crippen LogP contribution is 2.37. The fourth-order valence-electron chi connectivity index (χ4n) is 2.23. The highest BCUT2D eigenvalue weighted by Gasteiger charge is 2.13. The monoisotopic (exact) mass is 344 g/mol. The molecule has 0 radical (unpaired) electrons. The van der Waals surface area contributed by atoms with Crippen LogP contribution in [0.2, 0.25) is 0 Å². The van der Waals surface area contributed by atoms with E-state index in [0.717, 1.165) is 0 Å². The Morgan fingerprint density at radius 1 is 0.920 bits per heavy atom. The minimum atomic E-state index is -0.374. The average Bonchev–Trinajstić information content (AvgIpc) is 2.66. The minimum absolute atomic E-state index is 0.374. The van der Waals surface area contributed by atoms with Gasteiger partial charge in [0.1, 0.15) is 5.75 Å². The molecule has 0 unspecified atom stereocenters. The third-order valence-electron chi connectivity index (χ3n) is 3.42. The molecule has 0 saturated carbocycles. The fourth-order valence-corrected chi connectivity index (χ4v) is 2.23. The van der Waals surface area contributed by atoms with Gasteiger partial charge in [0.15, 0.2) is 11.5 Å². The van der Waals surface area contributed by atoms with Gasteiger partial charge in [-0.25, -0.2) is 5.43 Å². The molecule has 0 aromatic heterocycles. The van der Waals surface area contributed by atoms with E-state index in [1.165, 1.54) is 34.7 Å². The van der Waals surface area contributed by atoms with Crippen LogP contribution >= 0.6 is 0 Å². The number of rotatable bonds is 7. The molecule has 2 aromatic carbocycles. The summed E-state index contributed by atoms with van der Waals surface area (Å²) in [4.78, 5) is 12.2. The Morgan fingerprint density at radius 2 is 1.52 bits per heavy atom. The number of para-hydroxylation sites is 1. The van der Waals surface area contributed by atoms with E-state index in [0.29, 0.717) is 34.1 Å². The number of hydrazone groups is 1. The first kappa shape index (κ1) is 18.1. The lowest BCUT2D eigenvalue weighted by Gasteiger charge is -2.12. The third kappa shape index (κ3) is 4.20. The first-order valence-corrected chi connectivity index (χ1v) is 7.41. The maximum absolute atomic E-state index is 12.2. The number of benzene rings is 2. The molecule has 0 aliphatic carbocycles. The van der Waals surface area contributed by atoms with Crippen molar-refractivity contribution < 1.29 is 23.7 Å². The van der Waals surface area contributed by atoms with E-state index >= 15 is 0 Å². The van der Waals surface area contributed by atoms with Crippen molar-refractivity contribution in [2.75, 3.05) is 28.4 Å². The standard InChI is InChI=1S/C18H20N2O5/c1-22-14-8-6-5-7-13(14)18(21)20-19-11-12-9-15(23-2)17(25-4)16(10-12)24-3/h5-11H,1-4H3,(H,20,21)/b19-11+. The third-order valence-corrected chi connectivity index (χ3v) is 3.42. The number of methoxy groups -OCH3 is 4. The molecular weight excluding hydrogens is 324 g/mol. The van der Waals surface area contributed by atoms with E-state index in [1.54, 1.807) is 36.4 Å². The van der Waals surface area contributed by atoms with Gasteiger partial charge >= 0.3 is 0 Å². The van der Waals surface area contributed by atoms with Gasteiger partial charge in [0.2, 0.25) is 5.75 Å². The summed E-state index contributed by atoms with van der Waals surface area (Å²) < 4.78 is 21.0. The predicted octanol–water partition coefficient (Wildman–Crippen LogP) is 2.48. The Balaban J connectivity index is 2.18. The number of hydrogen-bond donors (Lipinski definition) is 1. The lowest BCUT2D eigenvalue weighted by atomic mass is 10.2. The van der Waals surface area contributed by atoms with Crippen LogP contribution in [0.5, 0.6) is 23.0 Å². The van der Waals surface area contributed by atoms with Gasteiger partial charge in [0, 0.05) is 5.56 Å². The SMILES string of the molecule is COc1ccccc1C(=O)N/N=C/c1cc(OC)c(OC)c(OC)c1. The maximum atomic E-state index is 12.2.